The number of halogens is 1. The predicted octanol–water partition coefficient (Wildman–Crippen LogP) is 3.27. The fourth-order valence-electron chi connectivity index (χ4n) is 4.18. The van der Waals surface area contributed by atoms with Crippen LogP contribution in [0.5, 0.6) is 11.6 Å². The molecule has 2 amide bonds. The Bertz CT molecular complexity index is 1540. The third kappa shape index (κ3) is 6.21. The third-order valence-corrected chi connectivity index (χ3v) is 7.23. The number of primary amides is 1. The molecule has 11 nitrogen and oxygen atoms in total. The second kappa shape index (κ2) is 11.7. The van der Waals surface area contributed by atoms with Gasteiger partial charge < -0.3 is 25.6 Å². The Morgan fingerprint density at radius 1 is 1.12 bits per heavy atom. The van der Waals surface area contributed by atoms with Crippen molar-refractivity contribution >= 4 is 34.2 Å². The first-order valence-corrected chi connectivity index (χ1v) is 13.3. The summed E-state index contributed by atoms with van der Waals surface area (Å²) < 4.78 is 20.2. The van der Waals surface area contributed by atoms with Gasteiger partial charge in [-0.15, -0.1) is 11.3 Å². The number of thiazole rings is 1. The van der Waals surface area contributed by atoms with Gasteiger partial charge in [0.05, 0.1) is 12.1 Å². The van der Waals surface area contributed by atoms with Crippen molar-refractivity contribution in [2.75, 3.05) is 43.4 Å². The quantitative estimate of drug-likeness (QED) is 0.331. The number of hydrogen-bond donors (Lipinski definition) is 2. The minimum atomic E-state index is -0.743. The molecule has 1 fully saturated rings. The summed E-state index contributed by atoms with van der Waals surface area (Å²) in [5.41, 5.74) is 7.24. The molecule has 206 valence electrons. The number of nitrogens with two attached hydrogens (primary N) is 1. The van der Waals surface area contributed by atoms with Gasteiger partial charge in [-0.3, -0.25) is 9.59 Å². The highest BCUT2D eigenvalue weighted by molar-refractivity contribution is 7.16. The van der Waals surface area contributed by atoms with Crippen molar-refractivity contribution in [3.63, 3.8) is 0 Å². The van der Waals surface area contributed by atoms with Crippen LogP contribution < -0.4 is 20.7 Å². The van der Waals surface area contributed by atoms with E-state index in [0.29, 0.717) is 22.3 Å². The van der Waals surface area contributed by atoms with Gasteiger partial charge in [0.1, 0.15) is 5.56 Å². The summed E-state index contributed by atoms with van der Waals surface area (Å²) in [5.74, 6) is -1.36. The van der Waals surface area contributed by atoms with Gasteiger partial charge in [-0.1, -0.05) is 6.07 Å². The highest BCUT2D eigenvalue weighted by atomic mass is 32.1. The van der Waals surface area contributed by atoms with Crippen molar-refractivity contribution in [1.82, 2.24) is 24.8 Å². The summed E-state index contributed by atoms with van der Waals surface area (Å²) in [6.45, 7) is 5.60. The van der Waals surface area contributed by atoms with Crippen LogP contribution in [0, 0.1) is 12.7 Å². The van der Waals surface area contributed by atoms with Crippen LogP contribution in [0.2, 0.25) is 0 Å². The molecular weight excluding hydrogens is 535 g/mol. The molecule has 3 aromatic heterocycles. The molecule has 0 saturated carbocycles. The normalized spacial score (nSPS) is 13.7. The number of rotatable bonds is 8. The zero-order valence-electron chi connectivity index (χ0n) is 21.9. The smallest absolute Gasteiger partial charge is 0.254 e. The molecule has 5 rings (SSSR count). The average Bonchev–Trinajstić information content (AvgIpc) is 3.30. The Morgan fingerprint density at radius 2 is 1.88 bits per heavy atom. The largest absolute Gasteiger partial charge is 0.435 e. The second-order valence-electron chi connectivity index (χ2n) is 9.30. The van der Waals surface area contributed by atoms with Gasteiger partial charge >= 0.3 is 0 Å². The Kier molecular flexibility index (Phi) is 7.94. The average molecular weight is 563 g/mol. The number of anilines is 2. The number of carbonyl (C=O) groups excluding carboxylic acids is 2. The van der Waals surface area contributed by atoms with Gasteiger partial charge in [-0.2, -0.15) is 0 Å². The van der Waals surface area contributed by atoms with Crippen molar-refractivity contribution in [3.8, 4) is 22.9 Å². The van der Waals surface area contributed by atoms with Crippen LogP contribution in [0.15, 0.2) is 48.9 Å². The fourth-order valence-corrected chi connectivity index (χ4v) is 5.03. The van der Waals surface area contributed by atoms with E-state index >= 15 is 0 Å². The zero-order valence-corrected chi connectivity index (χ0v) is 22.7. The molecule has 4 aromatic rings. The lowest BCUT2D eigenvalue weighted by atomic mass is 10.1. The number of pyridine rings is 1. The number of aromatic nitrogens is 4. The summed E-state index contributed by atoms with van der Waals surface area (Å²) in [5, 5.41) is 3.21. The maximum absolute atomic E-state index is 14.7. The summed E-state index contributed by atoms with van der Waals surface area (Å²) in [7, 11) is 2.10. The number of ether oxygens (including phenoxy) is 1. The number of nitrogens with one attached hydrogen (secondary N) is 1. The maximum atomic E-state index is 14.7. The van der Waals surface area contributed by atoms with E-state index in [1.807, 2.05) is 6.92 Å². The van der Waals surface area contributed by atoms with E-state index in [4.69, 9.17) is 10.5 Å². The SMILES string of the molecule is Cc1sc(NC(=O)Cc2ccc(Oc3ncccc3C(N)=O)c(F)c2)nc1-c1cnc(N2CCN(C)CC2)nc1. The number of hydrogen-bond acceptors (Lipinski definition) is 10. The van der Waals surface area contributed by atoms with Crippen LogP contribution in [-0.2, 0) is 11.2 Å². The molecule has 1 aliphatic heterocycles. The van der Waals surface area contributed by atoms with E-state index in [1.165, 1.54) is 41.8 Å². The number of likely N-dealkylation sites (N-methyl/N-ethyl adjacent to an activating group) is 1. The molecule has 0 atom stereocenters. The van der Waals surface area contributed by atoms with E-state index in [2.05, 4.69) is 42.1 Å². The van der Waals surface area contributed by atoms with Crippen molar-refractivity contribution < 1.29 is 18.7 Å². The van der Waals surface area contributed by atoms with E-state index < -0.39 is 11.7 Å². The van der Waals surface area contributed by atoms with Crippen LogP contribution in [0.3, 0.4) is 0 Å². The zero-order chi connectivity index (χ0) is 28.2. The lowest BCUT2D eigenvalue weighted by molar-refractivity contribution is -0.115. The first kappa shape index (κ1) is 27.1. The third-order valence-electron chi connectivity index (χ3n) is 6.34. The van der Waals surface area contributed by atoms with E-state index in [9.17, 15) is 14.0 Å². The number of carbonyl (C=O) groups is 2. The van der Waals surface area contributed by atoms with E-state index in [-0.39, 0.29) is 29.5 Å². The Balaban J connectivity index is 1.21. The Labute approximate surface area is 233 Å². The Morgan fingerprint density at radius 3 is 2.58 bits per heavy atom. The number of aryl methyl sites for hydroxylation is 1. The molecule has 1 aromatic carbocycles. The molecule has 0 bridgehead atoms. The molecule has 0 radical (unpaired) electrons. The lowest BCUT2D eigenvalue weighted by Gasteiger charge is -2.32. The van der Waals surface area contributed by atoms with Gasteiger partial charge in [-0.25, -0.2) is 24.3 Å². The first-order valence-electron chi connectivity index (χ1n) is 12.5. The number of piperazine rings is 1. The van der Waals surface area contributed by atoms with Crippen LogP contribution in [0.4, 0.5) is 15.5 Å². The molecule has 4 heterocycles. The van der Waals surface area contributed by atoms with Crippen molar-refractivity contribution in [2.45, 2.75) is 13.3 Å². The molecule has 0 unspecified atom stereocenters. The fraction of sp³-hybridized carbons (Fsp3) is 0.259. The second-order valence-corrected chi connectivity index (χ2v) is 10.5. The lowest BCUT2D eigenvalue weighted by Crippen LogP contribution is -2.45. The summed E-state index contributed by atoms with van der Waals surface area (Å²) in [4.78, 5) is 47.1. The monoisotopic (exact) mass is 562 g/mol. The minimum Gasteiger partial charge on any atom is -0.435 e. The van der Waals surface area contributed by atoms with Gasteiger partial charge in [0.25, 0.3) is 5.91 Å². The van der Waals surface area contributed by atoms with Crippen LogP contribution >= 0.6 is 11.3 Å². The van der Waals surface area contributed by atoms with Crippen molar-refractivity contribution in [3.05, 3.63) is 70.7 Å². The molecular formula is C27H27FN8O3S. The maximum Gasteiger partial charge on any atom is 0.254 e. The molecule has 40 heavy (non-hydrogen) atoms. The minimum absolute atomic E-state index is 0.0287. The number of amides is 2. The van der Waals surface area contributed by atoms with Crippen molar-refractivity contribution in [1.29, 1.82) is 0 Å². The highest BCUT2D eigenvalue weighted by Crippen LogP contribution is 2.31. The summed E-state index contributed by atoms with van der Waals surface area (Å²) in [6.07, 6.45) is 4.82. The van der Waals surface area contributed by atoms with E-state index in [0.717, 1.165) is 36.6 Å². The molecule has 1 saturated heterocycles. The molecule has 0 spiro atoms. The molecule has 1 aliphatic rings. The standard InChI is InChI=1S/C27H27FN8O3S/c1-16-23(18-14-31-26(32-15-18)36-10-8-35(2)9-11-36)34-27(40-16)33-22(37)13-17-5-6-21(20(28)12-17)39-25-19(24(29)38)4-3-7-30-25/h3-7,12,14-15H,8-11,13H2,1-2H3,(H2,29,38)(H,33,34,37). The van der Waals surface area contributed by atoms with Gasteiger partial charge in [0.15, 0.2) is 16.7 Å². The predicted molar refractivity (Wildman–Crippen MR) is 149 cm³/mol. The number of nitrogens with zero attached hydrogens (tertiary/aromatic N) is 6. The summed E-state index contributed by atoms with van der Waals surface area (Å²) in [6, 6.07) is 7.08. The van der Waals surface area contributed by atoms with E-state index in [1.54, 1.807) is 18.5 Å². The number of benzene rings is 1. The van der Waals surface area contributed by atoms with Gasteiger partial charge in [0, 0.05) is 55.2 Å². The van der Waals surface area contributed by atoms with Crippen LogP contribution in [-0.4, -0.2) is 69.9 Å². The molecule has 0 aliphatic carbocycles. The van der Waals surface area contributed by atoms with Crippen molar-refractivity contribution in [2.24, 2.45) is 5.73 Å². The highest BCUT2D eigenvalue weighted by Gasteiger charge is 2.19. The summed E-state index contributed by atoms with van der Waals surface area (Å²) >= 11 is 1.34. The topological polar surface area (TPSA) is 139 Å². The Hall–Kier alpha value is -4.49. The van der Waals surface area contributed by atoms with Crippen LogP contribution in [0.25, 0.3) is 11.3 Å². The van der Waals surface area contributed by atoms with Gasteiger partial charge in [0.2, 0.25) is 17.7 Å². The molecule has 13 heteroatoms. The first-order chi connectivity index (χ1) is 19.3. The van der Waals surface area contributed by atoms with Crippen LogP contribution in [0.1, 0.15) is 20.8 Å². The molecule has 3 N–H and O–H groups in total. The van der Waals surface area contributed by atoms with Gasteiger partial charge in [-0.05, 0) is 43.8 Å².